The molecule has 2 heterocycles. The fraction of sp³-hybridized carbons (Fsp3) is 0.379. The van der Waals surface area contributed by atoms with Crippen LogP contribution in [0.5, 0.6) is 0 Å². The van der Waals surface area contributed by atoms with Crippen molar-refractivity contribution in [3.63, 3.8) is 0 Å². The van der Waals surface area contributed by atoms with Crippen molar-refractivity contribution in [2.75, 3.05) is 46.8 Å². The molecular formula is C29H34BrN5O3S. The molecule has 0 spiro atoms. The van der Waals surface area contributed by atoms with Gasteiger partial charge < -0.3 is 20.4 Å². The zero-order valence-corrected chi connectivity index (χ0v) is 24.9. The molecule has 1 aromatic heterocycles. The first-order chi connectivity index (χ1) is 18.8. The van der Waals surface area contributed by atoms with Crippen LogP contribution in [0.2, 0.25) is 0 Å². The maximum Gasteiger partial charge on any atom is 0.271 e. The molecule has 4 rings (SSSR count). The molecule has 3 amide bonds. The molecule has 39 heavy (non-hydrogen) atoms. The summed E-state index contributed by atoms with van der Waals surface area (Å²) in [5, 5.41) is 6.51. The number of nitrogens with zero attached hydrogens (tertiary/aromatic N) is 3. The summed E-state index contributed by atoms with van der Waals surface area (Å²) in [6.07, 6.45) is 2.04. The number of hydrogen-bond donors (Lipinski definition) is 2. The molecule has 1 saturated heterocycles. The molecule has 0 radical (unpaired) electrons. The van der Waals surface area contributed by atoms with Gasteiger partial charge in [0.25, 0.3) is 11.8 Å². The first kappa shape index (κ1) is 28.9. The fourth-order valence-corrected chi connectivity index (χ4v) is 6.25. The van der Waals surface area contributed by atoms with Crippen molar-refractivity contribution in [1.29, 1.82) is 0 Å². The van der Waals surface area contributed by atoms with E-state index in [1.54, 1.807) is 17.4 Å². The standard InChI is InChI=1S/C29H34BrN5O3S/c1-19-8-7-11-22(24(19)30)29(38)35(18-23(36)31-2)17-14-32-27(37)25-26(20-9-5-4-6-10-20)39-28(33-25)21-12-15-34(3)16-13-21/h4-11,21H,12-18H2,1-3H3,(H,31,36)(H,32,37). The van der Waals surface area contributed by atoms with Crippen molar-refractivity contribution in [2.24, 2.45) is 0 Å². The van der Waals surface area contributed by atoms with Gasteiger partial charge in [0.1, 0.15) is 5.69 Å². The second-order valence-corrected chi connectivity index (χ2v) is 11.6. The molecule has 10 heteroatoms. The van der Waals surface area contributed by atoms with Crippen molar-refractivity contribution in [1.82, 2.24) is 25.4 Å². The average Bonchev–Trinajstić information content (AvgIpc) is 3.40. The monoisotopic (exact) mass is 611 g/mol. The Balaban J connectivity index is 1.51. The molecule has 206 valence electrons. The van der Waals surface area contributed by atoms with E-state index < -0.39 is 0 Å². The molecular weight excluding hydrogens is 578 g/mol. The predicted octanol–water partition coefficient (Wildman–Crippen LogP) is 4.31. The number of likely N-dealkylation sites (N-methyl/N-ethyl adjacent to an activating group) is 1. The van der Waals surface area contributed by atoms with Crippen LogP contribution in [0.25, 0.3) is 10.4 Å². The van der Waals surface area contributed by atoms with Gasteiger partial charge in [0.15, 0.2) is 0 Å². The lowest BCUT2D eigenvalue weighted by molar-refractivity contribution is -0.121. The number of amides is 3. The van der Waals surface area contributed by atoms with E-state index in [2.05, 4.69) is 38.5 Å². The SMILES string of the molecule is CNC(=O)CN(CCNC(=O)c1nc(C2CCN(C)CC2)sc1-c1ccccc1)C(=O)c1cccc(C)c1Br. The Morgan fingerprint density at radius 3 is 2.51 bits per heavy atom. The molecule has 2 N–H and O–H groups in total. The van der Waals surface area contributed by atoms with Gasteiger partial charge >= 0.3 is 0 Å². The Morgan fingerprint density at radius 1 is 1.10 bits per heavy atom. The summed E-state index contributed by atoms with van der Waals surface area (Å²) in [5.41, 5.74) is 2.76. The highest BCUT2D eigenvalue weighted by atomic mass is 79.9. The van der Waals surface area contributed by atoms with E-state index in [0.717, 1.165) is 46.9 Å². The van der Waals surface area contributed by atoms with Gasteiger partial charge in [-0.2, -0.15) is 0 Å². The fourth-order valence-electron chi connectivity index (χ4n) is 4.58. The van der Waals surface area contributed by atoms with E-state index in [0.29, 0.717) is 21.6 Å². The number of carbonyl (C=O) groups is 3. The van der Waals surface area contributed by atoms with Gasteiger partial charge in [-0.25, -0.2) is 4.98 Å². The molecule has 3 aromatic rings. The number of halogens is 1. The Hall–Kier alpha value is -3.08. The molecule has 0 atom stereocenters. The van der Waals surface area contributed by atoms with Crippen LogP contribution in [-0.4, -0.2) is 79.3 Å². The minimum absolute atomic E-state index is 0.113. The van der Waals surface area contributed by atoms with Gasteiger partial charge in [-0.3, -0.25) is 14.4 Å². The van der Waals surface area contributed by atoms with Gasteiger partial charge in [0.2, 0.25) is 5.91 Å². The molecule has 0 bridgehead atoms. The minimum atomic E-state index is -0.286. The van der Waals surface area contributed by atoms with Crippen molar-refractivity contribution in [3.8, 4) is 10.4 Å². The zero-order chi connectivity index (χ0) is 27.9. The molecule has 0 saturated carbocycles. The molecule has 1 aliphatic heterocycles. The average molecular weight is 613 g/mol. The maximum absolute atomic E-state index is 13.4. The molecule has 0 aliphatic carbocycles. The van der Waals surface area contributed by atoms with Crippen LogP contribution in [0, 0.1) is 6.92 Å². The summed E-state index contributed by atoms with van der Waals surface area (Å²) in [4.78, 5) is 48.4. The van der Waals surface area contributed by atoms with Crippen LogP contribution >= 0.6 is 27.3 Å². The van der Waals surface area contributed by atoms with Crippen LogP contribution in [0.15, 0.2) is 53.0 Å². The van der Waals surface area contributed by atoms with Crippen molar-refractivity contribution in [3.05, 3.63) is 74.8 Å². The highest BCUT2D eigenvalue weighted by molar-refractivity contribution is 9.10. The summed E-state index contributed by atoms with van der Waals surface area (Å²) in [5.74, 6) is -0.518. The normalized spacial score (nSPS) is 14.2. The first-order valence-electron chi connectivity index (χ1n) is 13.1. The van der Waals surface area contributed by atoms with E-state index in [4.69, 9.17) is 4.98 Å². The lowest BCUT2D eigenvalue weighted by Crippen LogP contribution is -2.44. The van der Waals surface area contributed by atoms with E-state index in [-0.39, 0.29) is 37.4 Å². The van der Waals surface area contributed by atoms with E-state index in [1.807, 2.05) is 49.4 Å². The number of piperidine rings is 1. The van der Waals surface area contributed by atoms with Gasteiger partial charge in [-0.15, -0.1) is 11.3 Å². The van der Waals surface area contributed by atoms with Crippen LogP contribution in [0.3, 0.4) is 0 Å². The van der Waals surface area contributed by atoms with Gasteiger partial charge in [-0.05, 0) is 73.0 Å². The highest BCUT2D eigenvalue weighted by Gasteiger charge is 2.27. The summed E-state index contributed by atoms with van der Waals surface area (Å²) >= 11 is 5.09. The number of aromatic nitrogens is 1. The summed E-state index contributed by atoms with van der Waals surface area (Å²) < 4.78 is 0.692. The number of thiazole rings is 1. The van der Waals surface area contributed by atoms with Crippen LogP contribution < -0.4 is 10.6 Å². The van der Waals surface area contributed by atoms with Gasteiger partial charge in [0, 0.05) is 30.5 Å². The lowest BCUT2D eigenvalue weighted by Gasteiger charge is -2.27. The van der Waals surface area contributed by atoms with Gasteiger partial charge in [-0.1, -0.05) is 42.5 Å². The van der Waals surface area contributed by atoms with Gasteiger partial charge in [0.05, 0.1) is 22.0 Å². The van der Waals surface area contributed by atoms with Crippen LogP contribution in [0.1, 0.15) is 50.2 Å². The first-order valence-corrected chi connectivity index (χ1v) is 14.7. The number of likely N-dealkylation sites (tertiary alicyclic amines) is 1. The molecule has 0 unspecified atom stereocenters. The number of benzene rings is 2. The molecule has 1 fully saturated rings. The number of aryl methyl sites for hydroxylation is 1. The quantitative estimate of drug-likeness (QED) is 0.376. The van der Waals surface area contributed by atoms with Crippen molar-refractivity contribution >= 4 is 45.0 Å². The Bertz CT molecular complexity index is 1320. The largest absolute Gasteiger partial charge is 0.358 e. The molecule has 8 nitrogen and oxygen atoms in total. The Morgan fingerprint density at radius 2 is 1.82 bits per heavy atom. The second-order valence-electron chi connectivity index (χ2n) is 9.77. The zero-order valence-electron chi connectivity index (χ0n) is 22.5. The summed E-state index contributed by atoms with van der Waals surface area (Å²) in [6.45, 7) is 4.17. The number of carbonyl (C=O) groups excluding carboxylic acids is 3. The third kappa shape index (κ3) is 7.12. The highest BCUT2D eigenvalue weighted by Crippen LogP contribution is 2.37. The lowest BCUT2D eigenvalue weighted by atomic mass is 9.98. The smallest absolute Gasteiger partial charge is 0.271 e. The number of rotatable bonds is 9. The van der Waals surface area contributed by atoms with E-state index in [1.165, 1.54) is 11.9 Å². The van der Waals surface area contributed by atoms with Crippen LogP contribution in [-0.2, 0) is 4.79 Å². The predicted molar refractivity (Wildman–Crippen MR) is 158 cm³/mol. The van der Waals surface area contributed by atoms with Crippen molar-refractivity contribution in [2.45, 2.75) is 25.7 Å². The van der Waals surface area contributed by atoms with Crippen molar-refractivity contribution < 1.29 is 14.4 Å². The summed E-state index contributed by atoms with van der Waals surface area (Å²) in [6, 6.07) is 15.3. The Kier molecular flexibility index (Phi) is 9.88. The summed E-state index contributed by atoms with van der Waals surface area (Å²) in [7, 11) is 3.66. The van der Waals surface area contributed by atoms with E-state index in [9.17, 15) is 14.4 Å². The topological polar surface area (TPSA) is 94.6 Å². The van der Waals surface area contributed by atoms with Crippen LogP contribution in [0.4, 0.5) is 0 Å². The molecule has 1 aliphatic rings. The maximum atomic E-state index is 13.4. The second kappa shape index (κ2) is 13.3. The third-order valence-electron chi connectivity index (χ3n) is 6.95. The molecule has 2 aromatic carbocycles. The third-order valence-corrected chi connectivity index (χ3v) is 9.27. The van der Waals surface area contributed by atoms with E-state index >= 15 is 0 Å². The number of hydrogen-bond acceptors (Lipinski definition) is 6. The minimum Gasteiger partial charge on any atom is -0.358 e. The number of nitrogens with one attached hydrogen (secondary N) is 2. The Labute approximate surface area is 241 Å².